The van der Waals surface area contributed by atoms with E-state index in [0.717, 1.165) is 12.1 Å². The van der Waals surface area contributed by atoms with Gasteiger partial charge < -0.3 is 9.64 Å². The van der Waals surface area contributed by atoms with Crippen molar-refractivity contribution in [3.8, 4) is 6.01 Å². The van der Waals surface area contributed by atoms with Crippen LogP contribution >= 0.6 is 0 Å². The van der Waals surface area contributed by atoms with Crippen molar-refractivity contribution < 1.29 is 17.9 Å². The van der Waals surface area contributed by atoms with Gasteiger partial charge in [-0.3, -0.25) is 4.79 Å². The molecular formula is C16H23N3O4S. The predicted molar refractivity (Wildman–Crippen MR) is 88.4 cm³/mol. The molecule has 1 aromatic rings. The summed E-state index contributed by atoms with van der Waals surface area (Å²) in [6, 6.07) is 2.05. The van der Waals surface area contributed by atoms with Crippen LogP contribution in [0.15, 0.2) is 12.3 Å². The second-order valence-corrected chi connectivity index (χ2v) is 9.11. The van der Waals surface area contributed by atoms with Crippen LogP contribution in [0, 0.1) is 12.8 Å². The molecular weight excluding hydrogens is 330 g/mol. The molecule has 3 heterocycles. The smallest absolute Gasteiger partial charge is 0.316 e. The van der Waals surface area contributed by atoms with E-state index in [1.165, 1.54) is 0 Å². The van der Waals surface area contributed by atoms with E-state index in [1.807, 2.05) is 13.8 Å². The Morgan fingerprint density at radius 1 is 1.46 bits per heavy atom. The van der Waals surface area contributed by atoms with Crippen molar-refractivity contribution in [2.45, 2.75) is 37.9 Å². The van der Waals surface area contributed by atoms with Crippen LogP contribution in [0.1, 0.15) is 31.9 Å². The summed E-state index contributed by atoms with van der Waals surface area (Å²) in [6.45, 7) is 4.63. The Kier molecular flexibility index (Phi) is 4.50. The lowest BCUT2D eigenvalue weighted by Crippen LogP contribution is -2.68. The molecule has 2 saturated heterocycles. The van der Waals surface area contributed by atoms with Crippen LogP contribution in [0.3, 0.4) is 0 Å². The normalized spacial score (nSPS) is 23.9. The number of hydrogen-bond acceptors (Lipinski definition) is 6. The molecule has 1 spiro atoms. The highest BCUT2D eigenvalue weighted by Crippen LogP contribution is 2.45. The number of sulfone groups is 1. The average molecular weight is 353 g/mol. The van der Waals surface area contributed by atoms with Crippen LogP contribution in [0.5, 0.6) is 6.01 Å². The summed E-state index contributed by atoms with van der Waals surface area (Å²) in [5.74, 6) is 0.0649. The predicted octanol–water partition coefficient (Wildman–Crippen LogP) is 0.980. The third-order valence-corrected chi connectivity index (χ3v) is 7.62. The van der Waals surface area contributed by atoms with Crippen molar-refractivity contribution in [2.24, 2.45) is 5.92 Å². The van der Waals surface area contributed by atoms with Crippen LogP contribution in [0.2, 0.25) is 0 Å². The fourth-order valence-corrected chi connectivity index (χ4v) is 5.93. The van der Waals surface area contributed by atoms with Gasteiger partial charge in [-0.2, -0.15) is 0 Å². The minimum absolute atomic E-state index is 0.0342. The summed E-state index contributed by atoms with van der Waals surface area (Å²) in [7, 11) is -3.21. The van der Waals surface area contributed by atoms with Crippen molar-refractivity contribution >= 4 is 15.7 Å². The molecule has 2 fully saturated rings. The molecule has 0 unspecified atom stereocenters. The van der Waals surface area contributed by atoms with Gasteiger partial charge in [0.2, 0.25) is 5.91 Å². The molecule has 8 heteroatoms. The standard InChI is InChI=1S/C16H23N3O4S/c1-3-4-14(20)19-10-16(11-19)13(6-8-24(16,21)22)9-23-15-17-7-5-12(2)18-15/h5,7,13H,3-4,6,8-11H2,1-2H3/t13-/m0/s1. The van der Waals surface area contributed by atoms with E-state index in [1.54, 1.807) is 17.2 Å². The number of nitrogens with zero attached hydrogens (tertiary/aromatic N) is 3. The number of likely N-dealkylation sites (tertiary alicyclic amines) is 1. The number of ether oxygens (including phenoxy) is 1. The molecule has 0 bridgehead atoms. The number of carbonyl (C=O) groups is 1. The van der Waals surface area contributed by atoms with E-state index >= 15 is 0 Å². The number of hydrogen-bond donors (Lipinski definition) is 0. The van der Waals surface area contributed by atoms with Crippen molar-refractivity contribution in [2.75, 3.05) is 25.4 Å². The van der Waals surface area contributed by atoms with Gasteiger partial charge in [-0.15, -0.1) is 0 Å². The summed E-state index contributed by atoms with van der Waals surface area (Å²) in [6.07, 6.45) is 3.41. The van der Waals surface area contributed by atoms with Gasteiger partial charge in [-0.05, 0) is 25.8 Å². The molecule has 1 atom stereocenters. The Morgan fingerprint density at radius 2 is 2.21 bits per heavy atom. The van der Waals surface area contributed by atoms with E-state index < -0.39 is 14.6 Å². The first-order valence-electron chi connectivity index (χ1n) is 8.30. The van der Waals surface area contributed by atoms with E-state index in [2.05, 4.69) is 9.97 Å². The van der Waals surface area contributed by atoms with Crippen LogP contribution in [-0.2, 0) is 14.6 Å². The number of amides is 1. The van der Waals surface area contributed by atoms with Crippen molar-refractivity contribution in [3.05, 3.63) is 18.0 Å². The molecule has 2 aliphatic heterocycles. The lowest BCUT2D eigenvalue weighted by molar-refractivity contribution is -0.137. The number of carbonyl (C=O) groups excluding carboxylic acids is 1. The lowest BCUT2D eigenvalue weighted by atomic mass is 9.83. The minimum atomic E-state index is -3.21. The minimum Gasteiger partial charge on any atom is -0.463 e. The van der Waals surface area contributed by atoms with E-state index in [0.29, 0.717) is 12.8 Å². The van der Waals surface area contributed by atoms with Crippen molar-refractivity contribution in [1.82, 2.24) is 14.9 Å². The second kappa shape index (κ2) is 6.31. The fourth-order valence-electron chi connectivity index (χ4n) is 3.53. The molecule has 3 rings (SSSR count). The molecule has 0 N–H and O–H groups in total. The maximum atomic E-state index is 12.5. The molecule has 132 valence electrons. The molecule has 0 aliphatic carbocycles. The molecule has 0 saturated carbocycles. The molecule has 2 aliphatic rings. The first-order valence-corrected chi connectivity index (χ1v) is 9.96. The maximum Gasteiger partial charge on any atom is 0.316 e. The third-order valence-electron chi connectivity index (χ3n) is 5.02. The van der Waals surface area contributed by atoms with Gasteiger partial charge in [0, 0.05) is 37.3 Å². The zero-order chi connectivity index (χ0) is 17.4. The van der Waals surface area contributed by atoms with Crippen LogP contribution in [0.25, 0.3) is 0 Å². The first-order chi connectivity index (χ1) is 11.4. The number of aromatic nitrogens is 2. The van der Waals surface area contributed by atoms with Gasteiger partial charge in [-0.1, -0.05) is 6.92 Å². The molecule has 7 nitrogen and oxygen atoms in total. The Bertz CT molecular complexity index is 729. The fraction of sp³-hybridized carbons (Fsp3) is 0.688. The van der Waals surface area contributed by atoms with E-state index in [4.69, 9.17) is 4.74 Å². The highest BCUT2D eigenvalue weighted by atomic mass is 32.2. The molecule has 1 amide bonds. The topological polar surface area (TPSA) is 89.5 Å². The van der Waals surface area contributed by atoms with Gasteiger partial charge in [0.15, 0.2) is 9.84 Å². The molecule has 1 aromatic heterocycles. The van der Waals surface area contributed by atoms with Crippen molar-refractivity contribution in [1.29, 1.82) is 0 Å². The summed E-state index contributed by atoms with van der Waals surface area (Å²) in [5, 5.41) is 0. The molecule has 0 radical (unpaired) electrons. The number of rotatable bonds is 5. The molecule has 24 heavy (non-hydrogen) atoms. The Balaban J connectivity index is 1.68. The SMILES string of the molecule is CCCC(=O)N1CC2(C1)[C@H](COc1nccc(C)n1)CCS2(=O)=O. The summed E-state index contributed by atoms with van der Waals surface area (Å²) >= 11 is 0. The van der Waals surface area contributed by atoms with Crippen LogP contribution < -0.4 is 4.74 Å². The second-order valence-electron chi connectivity index (χ2n) is 6.66. The lowest BCUT2D eigenvalue weighted by Gasteiger charge is -2.49. The Hall–Kier alpha value is -1.70. The summed E-state index contributed by atoms with van der Waals surface area (Å²) in [4.78, 5) is 21.9. The third kappa shape index (κ3) is 2.87. The van der Waals surface area contributed by atoms with Gasteiger partial charge >= 0.3 is 6.01 Å². The van der Waals surface area contributed by atoms with Crippen LogP contribution in [0.4, 0.5) is 0 Å². The molecule has 0 aromatic carbocycles. The average Bonchev–Trinajstić information content (AvgIpc) is 2.74. The highest BCUT2D eigenvalue weighted by molar-refractivity contribution is 7.93. The monoisotopic (exact) mass is 353 g/mol. The zero-order valence-corrected chi connectivity index (χ0v) is 14.9. The van der Waals surface area contributed by atoms with Crippen LogP contribution in [-0.4, -0.2) is 59.4 Å². The van der Waals surface area contributed by atoms with Gasteiger partial charge in [-0.25, -0.2) is 18.4 Å². The zero-order valence-electron chi connectivity index (χ0n) is 14.1. The summed E-state index contributed by atoms with van der Waals surface area (Å²) < 4.78 is 29.9. The largest absolute Gasteiger partial charge is 0.463 e. The van der Waals surface area contributed by atoms with E-state index in [9.17, 15) is 13.2 Å². The van der Waals surface area contributed by atoms with Crippen molar-refractivity contribution in [3.63, 3.8) is 0 Å². The van der Waals surface area contributed by atoms with Gasteiger partial charge in [0.05, 0.1) is 12.4 Å². The number of aryl methyl sites for hydroxylation is 1. The summed E-state index contributed by atoms with van der Waals surface area (Å²) in [5.41, 5.74) is 0.800. The maximum absolute atomic E-state index is 12.5. The van der Waals surface area contributed by atoms with E-state index in [-0.39, 0.29) is 43.3 Å². The highest BCUT2D eigenvalue weighted by Gasteiger charge is 2.62. The Labute approximate surface area is 142 Å². The van der Waals surface area contributed by atoms with Gasteiger partial charge in [0.1, 0.15) is 4.75 Å². The van der Waals surface area contributed by atoms with Gasteiger partial charge in [0.25, 0.3) is 0 Å². The first kappa shape index (κ1) is 17.1. The quantitative estimate of drug-likeness (QED) is 0.784. The Morgan fingerprint density at radius 3 is 2.88 bits per heavy atom.